The van der Waals surface area contributed by atoms with Crippen molar-refractivity contribution in [2.24, 2.45) is 0 Å². The number of aryl methyl sites for hydroxylation is 2. The van der Waals surface area contributed by atoms with Crippen LogP contribution in [-0.2, 0) is 9.53 Å². The number of hydrogen-bond acceptors (Lipinski definition) is 6. The van der Waals surface area contributed by atoms with Gasteiger partial charge in [0.25, 0.3) is 0 Å². The van der Waals surface area contributed by atoms with E-state index < -0.39 is 12.6 Å². The smallest absolute Gasteiger partial charge is 0.331 e. The third-order valence-corrected chi connectivity index (χ3v) is 5.38. The largest absolute Gasteiger partial charge is 0.493 e. The quantitative estimate of drug-likeness (QED) is 0.248. The highest BCUT2D eigenvalue weighted by Crippen LogP contribution is 2.28. The lowest BCUT2D eigenvalue weighted by Gasteiger charge is -2.11. The maximum Gasteiger partial charge on any atom is 0.331 e. The number of carbonyl (C=O) groups excluding carboxylic acids is 2. The molecule has 35 heavy (non-hydrogen) atoms. The highest BCUT2D eigenvalue weighted by Gasteiger charge is 2.18. The molecule has 0 saturated carbocycles. The number of aromatic nitrogens is 1. The van der Waals surface area contributed by atoms with Gasteiger partial charge in [-0.05, 0) is 68.3 Å². The summed E-state index contributed by atoms with van der Waals surface area (Å²) in [6.45, 7) is 4.72. The van der Waals surface area contributed by atoms with Gasteiger partial charge in [-0.15, -0.1) is 0 Å². The van der Waals surface area contributed by atoms with Crippen LogP contribution in [0.4, 0.5) is 4.39 Å². The second-order valence-electron chi connectivity index (χ2n) is 7.78. The van der Waals surface area contributed by atoms with Gasteiger partial charge in [0, 0.05) is 28.7 Å². The molecule has 8 heteroatoms. The molecule has 0 N–H and O–H groups in total. The topological polar surface area (TPSA) is 90.6 Å². The van der Waals surface area contributed by atoms with E-state index in [0.717, 1.165) is 5.69 Å². The lowest BCUT2D eigenvalue weighted by atomic mass is 10.1. The zero-order valence-electron chi connectivity index (χ0n) is 19.9. The number of esters is 1. The number of ketones is 1. The summed E-state index contributed by atoms with van der Waals surface area (Å²) in [6.07, 6.45) is 2.72. The molecule has 0 aliphatic rings. The SMILES string of the molecule is COc1cc(/C=C/C(=O)OCC(=O)c2cc(C)n(-c3ccc(C)c(F)c3)c2C)ccc1OCC#N. The van der Waals surface area contributed by atoms with Crippen LogP contribution in [-0.4, -0.2) is 36.6 Å². The molecule has 0 spiro atoms. The second kappa shape index (κ2) is 11.2. The molecule has 0 unspecified atom stereocenters. The van der Waals surface area contributed by atoms with Gasteiger partial charge in [-0.1, -0.05) is 12.1 Å². The van der Waals surface area contributed by atoms with E-state index >= 15 is 0 Å². The van der Waals surface area contributed by atoms with Gasteiger partial charge in [-0.25, -0.2) is 9.18 Å². The minimum Gasteiger partial charge on any atom is -0.493 e. The minimum absolute atomic E-state index is 0.115. The number of carbonyl (C=O) groups is 2. The number of benzene rings is 2. The van der Waals surface area contributed by atoms with Gasteiger partial charge in [-0.3, -0.25) is 4.79 Å². The Balaban J connectivity index is 1.66. The minimum atomic E-state index is -0.684. The van der Waals surface area contributed by atoms with E-state index in [1.807, 2.05) is 13.0 Å². The van der Waals surface area contributed by atoms with Gasteiger partial charge in [-0.2, -0.15) is 5.26 Å². The Morgan fingerprint density at radius 1 is 1.09 bits per heavy atom. The van der Waals surface area contributed by atoms with Crippen molar-refractivity contribution in [3.05, 3.63) is 82.4 Å². The molecule has 2 aromatic carbocycles. The van der Waals surface area contributed by atoms with Crippen molar-refractivity contribution in [3.63, 3.8) is 0 Å². The highest BCUT2D eigenvalue weighted by molar-refractivity contribution is 6.00. The van der Waals surface area contributed by atoms with Crippen molar-refractivity contribution in [2.75, 3.05) is 20.3 Å². The fourth-order valence-electron chi connectivity index (χ4n) is 3.61. The predicted molar refractivity (Wildman–Crippen MR) is 128 cm³/mol. The van der Waals surface area contributed by atoms with Crippen LogP contribution in [0.3, 0.4) is 0 Å². The monoisotopic (exact) mass is 476 g/mol. The number of nitriles is 1. The van der Waals surface area contributed by atoms with E-state index in [1.165, 1.54) is 25.3 Å². The lowest BCUT2D eigenvalue weighted by Crippen LogP contribution is -2.13. The summed E-state index contributed by atoms with van der Waals surface area (Å²) in [5, 5.41) is 8.64. The zero-order chi connectivity index (χ0) is 25.5. The molecule has 180 valence electrons. The van der Waals surface area contributed by atoms with E-state index in [1.54, 1.807) is 54.8 Å². The summed E-state index contributed by atoms with van der Waals surface area (Å²) < 4.78 is 31.4. The Hall–Kier alpha value is -4.38. The van der Waals surface area contributed by atoms with Gasteiger partial charge >= 0.3 is 5.97 Å². The van der Waals surface area contributed by atoms with Crippen molar-refractivity contribution in [2.45, 2.75) is 20.8 Å². The third kappa shape index (κ3) is 5.95. The number of Topliss-reactive ketones (excluding diaryl/α,β-unsaturated/α-hetero) is 1. The lowest BCUT2D eigenvalue weighted by molar-refractivity contribution is -0.136. The molecule has 0 bridgehead atoms. The molecule has 1 aromatic heterocycles. The molecule has 0 aliphatic carbocycles. The zero-order valence-corrected chi connectivity index (χ0v) is 19.9. The number of ether oxygens (including phenoxy) is 3. The molecule has 0 aliphatic heterocycles. The van der Waals surface area contributed by atoms with E-state index in [-0.39, 0.29) is 18.2 Å². The Morgan fingerprint density at radius 3 is 2.54 bits per heavy atom. The summed E-state index contributed by atoms with van der Waals surface area (Å²) in [6, 6.07) is 13.4. The molecule has 0 amide bonds. The Bertz CT molecular complexity index is 1330. The van der Waals surface area contributed by atoms with Crippen LogP contribution in [0, 0.1) is 37.9 Å². The van der Waals surface area contributed by atoms with Crippen LogP contribution in [0.25, 0.3) is 11.8 Å². The molecular formula is C27H25FN2O5. The van der Waals surface area contributed by atoms with Crippen LogP contribution >= 0.6 is 0 Å². The Labute approximate surface area is 203 Å². The van der Waals surface area contributed by atoms with Crippen LogP contribution in [0.1, 0.15) is 32.9 Å². The van der Waals surface area contributed by atoms with Crippen molar-refractivity contribution >= 4 is 17.8 Å². The van der Waals surface area contributed by atoms with E-state index in [9.17, 15) is 14.0 Å². The number of nitrogens with zero attached hydrogens (tertiary/aromatic N) is 2. The first-order valence-electron chi connectivity index (χ1n) is 10.8. The third-order valence-electron chi connectivity index (χ3n) is 5.38. The average Bonchev–Trinajstić information content (AvgIpc) is 3.15. The van der Waals surface area contributed by atoms with Crippen molar-refractivity contribution in [1.82, 2.24) is 4.57 Å². The summed E-state index contributed by atoms with van der Waals surface area (Å²) in [5.41, 5.74) is 3.58. The maximum absolute atomic E-state index is 14.0. The molecule has 0 atom stereocenters. The molecule has 1 heterocycles. The van der Waals surface area contributed by atoms with Crippen molar-refractivity contribution < 1.29 is 28.2 Å². The van der Waals surface area contributed by atoms with E-state index in [0.29, 0.717) is 39.6 Å². The number of methoxy groups -OCH3 is 1. The molecule has 0 saturated heterocycles. The van der Waals surface area contributed by atoms with Crippen LogP contribution in [0.2, 0.25) is 0 Å². The van der Waals surface area contributed by atoms with Crippen LogP contribution in [0.15, 0.2) is 48.5 Å². The van der Waals surface area contributed by atoms with Crippen molar-refractivity contribution in [1.29, 1.82) is 5.26 Å². The fourth-order valence-corrected chi connectivity index (χ4v) is 3.61. The highest BCUT2D eigenvalue weighted by atomic mass is 19.1. The summed E-state index contributed by atoms with van der Waals surface area (Å²) >= 11 is 0. The molecule has 7 nitrogen and oxygen atoms in total. The van der Waals surface area contributed by atoms with Crippen LogP contribution in [0.5, 0.6) is 11.5 Å². The Kier molecular flexibility index (Phi) is 8.05. The Morgan fingerprint density at radius 2 is 1.86 bits per heavy atom. The number of hydrogen-bond donors (Lipinski definition) is 0. The fraction of sp³-hybridized carbons (Fsp3) is 0.222. The van der Waals surface area contributed by atoms with Gasteiger partial charge in [0.1, 0.15) is 11.9 Å². The normalized spacial score (nSPS) is 10.7. The van der Waals surface area contributed by atoms with E-state index in [4.69, 9.17) is 19.5 Å². The number of halogens is 1. The van der Waals surface area contributed by atoms with E-state index in [2.05, 4.69) is 0 Å². The summed E-state index contributed by atoms with van der Waals surface area (Å²) in [4.78, 5) is 24.9. The first-order chi connectivity index (χ1) is 16.7. The van der Waals surface area contributed by atoms with Gasteiger partial charge in [0.05, 0.1) is 7.11 Å². The number of rotatable bonds is 9. The van der Waals surface area contributed by atoms with Crippen LogP contribution < -0.4 is 9.47 Å². The first-order valence-corrected chi connectivity index (χ1v) is 10.8. The average molecular weight is 477 g/mol. The second-order valence-corrected chi connectivity index (χ2v) is 7.78. The summed E-state index contributed by atoms with van der Waals surface area (Å²) in [5.74, 6) is -0.554. The van der Waals surface area contributed by atoms with Gasteiger partial charge in [0.15, 0.2) is 24.7 Å². The molecular weight excluding hydrogens is 451 g/mol. The molecule has 0 radical (unpaired) electrons. The molecule has 0 fully saturated rings. The standard InChI is InChI=1S/C27H25FN2O5/c1-17-5-8-21(15-23(17)28)30-18(2)13-22(19(30)3)24(31)16-35-27(32)10-7-20-6-9-25(34-12-11-29)26(14-20)33-4/h5-10,13-15H,12,16H2,1-4H3/b10-7+. The summed E-state index contributed by atoms with van der Waals surface area (Å²) in [7, 11) is 1.47. The molecule has 3 aromatic rings. The van der Waals surface area contributed by atoms with Crippen molar-refractivity contribution in [3.8, 4) is 23.3 Å². The van der Waals surface area contributed by atoms with Gasteiger partial charge < -0.3 is 18.8 Å². The van der Waals surface area contributed by atoms with Gasteiger partial charge in [0.2, 0.25) is 5.78 Å². The molecule has 3 rings (SSSR count). The maximum atomic E-state index is 14.0. The predicted octanol–water partition coefficient (Wildman–Crippen LogP) is 4.89. The first kappa shape index (κ1) is 25.2.